The molecule has 15 heavy (non-hydrogen) atoms. The van der Waals surface area contributed by atoms with E-state index >= 15 is 0 Å². The van der Waals surface area contributed by atoms with Crippen LogP contribution in [-0.4, -0.2) is 29.6 Å². The molecule has 3 heteroatoms. The van der Waals surface area contributed by atoms with Gasteiger partial charge in [0, 0.05) is 13.1 Å². The zero-order chi connectivity index (χ0) is 11.0. The minimum Gasteiger partial charge on any atom is -0.481 e. The second-order valence-electron chi connectivity index (χ2n) is 4.24. The van der Waals surface area contributed by atoms with E-state index in [4.69, 9.17) is 0 Å². The quantitative estimate of drug-likeness (QED) is 0.757. The Morgan fingerprint density at radius 1 is 1.53 bits per heavy atom. The predicted octanol–water partition coefficient (Wildman–Crippen LogP) is 1.61. The number of hydrogen-bond acceptors (Lipinski definition) is 2. The fourth-order valence-corrected chi connectivity index (χ4v) is 2.34. The molecular weight excluding hydrogens is 190 g/mol. The van der Waals surface area contributed by atoms with Gasteiger partial charge >= 0.3 is 5.97 Å². The molecule has 0 radical (unpaired) electrons. The maximum atomic E-state index is 11.2. The lowest BCUT2D eigenvalue weighted by Crippen LogP contribution is -2.34. The highest BCUT2D eigenvalue weighted by atomic mass is 16.4. The molecule has 1 aromatic carbocycles. The van der Waals surface area contributed by atoms with Crippen LogP contribution in [0.3, 0.4) is 0 Å². The molecule has 1 N–H and O–H groups in total. The Hall–Kier alpha value is -1.35. The van der Waals surface area contributed by atoms with Crippen molar-refractivity contribution in [3.05, 3.63) is 34.9 Å². The average Bonchev–Trinajstić information content (AvgIpc) is 2.16. The first-order chi connectivity index (χ1) is 7.09. The third-order valence-corrected chi connectivity index (χ3v) is 3.00. The molecule has 2 rings (SSSR count). The Kier molecular flexibility index (Phi) is 2.49. The van der Waals surface area contributed by atoms with Gasteiger partial charge in [0.25, 0.3) is 0 Å². The van der Waals surface area contributed by atoms with Crippen molar-refractivity contribution in [1.82, 2.24) is 4.90 Å². The molecule has 0 spiro atoms. The van der Waals surface area contributed by atoms with Crippen LogP contribution in [0, 0.1) is 6.92 Å². The number of hydrogen-bond donors (Lipinski definition) is 1. The standard InChI is InChI=1S/C12H15NO2/c1-8-4-3-5-9-6-13(2)7-10(11(8)9)12(14)15/h3-5,10H,6-7H2,1-2H3,(H,14,15). The van der Waals surface area contributed by atoms with Crippen molar-refractivity contribution < 1.29 is 9.90 Å². The van der Waals surface area contributed by atoms with Crippen molar-refractivity contribution in [2.75, 3.05) is 13.6 Å². The van der Waals surface area contributed by atoms with E-state index in [1.165, 1.54) is 0 Å². The van der Waals surface area contributed by atoms with Gasteiger partial charge in [0.05, 0.1) is 5.92 Å². The highest BCUT2D eigenvalue weighted by molar-refractivity contribution is 5.78. The number of carbonyl (C=O) groups is 1. The summed E-state index contributed by atoms with van der Waals surface area (Å²) in [5.41, 5.74) is 3.26. The average molecular weight is 205 g/mol. The molecule has 1 atom stereocenters. The summed E-state index contributed by atoms with van der Waals surface area (Å²) in [6.45, 7) is 3.44. The number of fused-ring (bicyclic) bond motifs is 1. The highest BCUT2D eigenvalue weighted by Gasteiger charge is 2.29. The first-order valence-electron chi connectivity index (χ1n) is 5.09. The zero-order valence-electron chi connectivity index (χ0n) is 9.03. The molecule has 1 aromatic rings. The van der Waals surface area contributed by atoms with E-state index in [0.717, 1.165) is 23.2 Å². The Labute approximate surface area is 89.3 Å². The molecule has 0 fully saturated rings. The van der Waals surface area contributed by atoms with Gasteiger partial charge in [-0.1, -0.05) is 18.2 Å². The molecule has 1 heterocycles. The summed E-state index contributed by atoms with van der Waals surface area (Å²) in [4.78, 5) is 13.2. The fraction of sp³-hybridized carbons (Fsp3) is 0.417. The van der Waals surface area contributed by atoms with Crippen LogP contribution in [0.15, 0.2) is 18.2 Å². The van der Waals surface area contributed by atoms with Gasteiger partial charge in [0.1, 0.15) is 0 Å². The van der Waals surface area contributed by atoms with Crippen LogP contribution in [0.25, 0.3) is 0 Å². The first-order valence-corrected chi connectivity index (χ1v) is 5.09. The van der Waals surface area contributed by atoms with Crippen LogP contribution >= 0.6 is 0 Å². The normalized spacial score (nSPS) is 21.1. The van der Waals surface area contributed by atoms with Gasteiger partial charge in [-0.05, 0) is 30.7 Å². The Bertz CT molecular complexity index is 401. The number of benzene rings is 1. The monoisotopic (exact) mass is 205 g/mol. The summed E-state index contributed by atoms with van der Waals surface area (Å²) in [6.07, 6.45) is 0. The van der Waals surface area contributed by atoms with Gasteiger partial charge in [-0.25, -0.2) is 0 Å². The second kappa shape index (κ2) is 3.66. The van der Waals surface area contributed by atoms with Crippen molar-refractivity contribution >= 4 is 5.97 Å². The van der Waals surface area contributed by atoms with Crippen molar-refractivity contribution in [1.29, 1.82) is 0 Å². The highest BCUT2D eigenvalue weighted by Crippen LogP contribution is 2.30. The zero-order valence-corrected chi connectivity index (χ0v) is 9.03. The number of carboxylic acids is 1. The van der Waals surface area contributed by atoms with E-state index in [1.807, 2.05) is 32.2 Å². The topological polar surface area (TPSA) is 40.5 Å². The van der Waals surface area contributed by atoms with Crippen molar-refractivity contribution in [2.24, 2.45) is 0 Å². The van der Waals surface area contributed by atoms with Crippen LogP contribution in [0.2, 0.25) is 0 Å². The van der Waals surface area contributed by atoms with Gasteiger partial charge < -0.3 is 10.0 Å². The Morgan fingerprint density at radius 2 is 2.27 bits per heavy atom. The molecule has 1 unspecified atom stereocenters. The molecule has 0 saturated carbocycles. The smallest absolute Gasteiger partial charge is 0.312 e. The summed E-state index contributed by atoms with van der Waals surface area (Å²) in [6, 6.07) is 6.00. The molecule has 1 aliphatic rings. The number of aliphatic carboxylic acids is 1. The summed E-state index contributed by atoms with van der Waals surface area (Å²) < 4.78 is 0. The molecular formula is C12H15NO2. The van der Waals surface area contributed by atoms with Crippen LogP contribution < -0.4 is 0 Å². The summed E-state index contributed by atoms with van der Waals surface area (Å²) in [5.74, 6) is -1.10. The maximum Gasteiger partial charge on any atom is 0.312 e. The largest absolute Gasteiger partial charge is 0.481 e. The van der Waals surface area contributed by atoms with E-state index in [-0.39, 0.29) is 5.92 Å². The van der Waals surface area contributed by atoms with E-state index in [9.17, 15) is 9.90 Å². The number of rotatable bonds is 1. The Morgan fingerprint density at radius 3 is 2.93 bits per heavy atom. The van der Waals surface area contributed by atoms with Crippen LogP contribution in [-0.2, 0) is 11.3 Å². The second-order valence-corrected chi connectivity index (χ2v) is 4.24. The molecule has 0 aromatic heterocycles. The molecule has 80 valence electrons. The van der Waals surface area contributed by atoms with E-state index < -0.39 is 5.97 Å². The lowest BCUT2D eigenvalue weighted by atomic mass is 9.87. The number of likely N-dealkylation sites (N-methyl/N-ethyl adjacent to an activating group) is 1. The van der Waals surface area contributed by atoms with Gasteiger partial charge in [-0.2, -0.15) is 0 Å². The van der Waals surface area contributed by atoms with E-state index in [2.05, 4.69) is 4.90 Å². The third kappa shape index (κ3) is 1.75. The first kappa shape index (κ1) is 10.2. The maximum absolute atomic E-state index is 11.2. The predicted molar refractivity (Wildman–Crippen MR) is 57.9 cm³/mol. The molecule has 3 nitrogen and oxygen atoms in total. The number of aryl methyl sites for hydroxylation is 1. The Balaban J connectivity index is 2.52. The van der Waals surface area contributed by atoms with Crippen LogP contribution in [0.1, 0.15) is 22.6 Å². The molecule has 0 bridgehead atoms. The SMILES string of the molecule is Cc1cccc2c1C(C(=O)O)CN(C)C2. The van der Waals surface area contributed by atoms with Gasteiger partial charge in [-0.15, -0.1) is 0 Å². The van der Waals surface area contributed by atoms with Gasteiger partial charge in [-0.3, -0.25) is 4.79 Å². The van der Waals surface area contributed by atoms with Gasteiger partial charge in [0.2, 0.25) is 0 Å². The van der Waals surface area contributed by atoms with E-state index in [0.29, 0.717) is 6.54 Å². The van der Waals surface area contributed by atoms with E-state index in [1.54, 1.807) is 0 Å². The summed E-state index contributed by atoms with van der Waals surface area (Å²) in [5, 5.41) is 9.20. The molecule has 0 saturated heterocycles. The lowest BCUT2D eigenvalue weighted by molar-refractivity contribution is -0.139. The number of carboxylic acid groups (broad SMARTS) is 1. The number of nitrogens with zero attached hydrogens (tertiary/aromatic N) is 1. The molecule has 1 aliphatic heterocycles. The van der Waals surface area contributed by atoms with Crippen molar-refractivity contribution in [3.63, 3.8) is 0 Å². The third-order valence-electron chi connectivity index (χ3n) is 3.00. The minimum absolute atomic E-state index is 0.375. The van der Waals surface area contributed by atoms with Gasteiger partial charge in [0.15, 0.2) is 0 Å². The summed E-state index contributed by atoms with van der Waals surface area (Å²) >= 11 is 0. The molecule has 0 aliphatic carbocycles. The summed E-state index contributed by atoms with van der Waals surface area (Å²) in [7, 11) is 1.96. The molecule has 0 amide bonds. The van der Waals surface area contributed by atoms with Crippen molar-refractivity contribution in [3.8, 4) is 0 Å². The fourth-order valence-electron chi connectivity index (χ4n) is 2.34. The van der Waals surface area contributed by atoms with Crippen LogP contribution in [0.4, 0.5) is 0 Å². The van der Waals surface area contributed by atoms with Crippen LogP contribution in [0.5, 0.6) is 0 Å². The minimum atomic E-state index is -0.725. The lowest BCUT2D eigenvalue weighted by Gasteiger charge is -2.31. The van der Waals surface area contributed by atoms with Crippen molar-refractivity contribution in [2.45, 2.75) is 19.4 Å².